The van der Waals surface area contributed by atoms with E-state index in [4.69, 9.17) is 0 Å². The molecule has 0 saturated heterocycles. The van der Waals surface area contributed by atoms with Gasteiger partial charge in [0.15, 0.2) is 0 Å². The van der Waals surface area contributed by atoms with Gasteiger partial charge in [-0.2, -0.15) is 0 Å². The van der Waals surface area contributed by atoms with Gasteiger partial charge in [0, 0.05) is 20.6 Å². The molecule has 3 nitrogen and oxygen atoms in total. The lowest BCUT2D eigenvalue weighted by atomic mass is 9.85. The van der Waals surface area contributed by atoms with Crippen LogP contribution in [-0.4, -0.2) is 38.0 Å². The summed E-state index contributed by atoms with van der Waals surface area (Å²) in [5, 5.41) is 3.20. The van der Waals surface area contributed by atoms with Crippen LogP contribution in [0.5, 0.6) is 0 Å². The SMILES string of the molecule is C=C(C)[C@@H]1CC=C(CNCC(=O)N(C)C)CC1. The maximum Gasteiger partial charge on any atom is 0.236 e. The van der Waals surface area contributed by atoms with Crippen LogP contribution in [0.1, 0.15) is 26.2 Å². The van der Waals surface area contributed by atoms with Crippen molar-refractivity contribution < 1.29 is 4.79 Å². The summed E-state index contributed by atoms with van der Waals surface area (Å²) >= 11 is 0. The summed E-state index contributed by atoms with van der Waals surface area (Å²) in [7, 11) is 3.56. The van der Waals surface area contributed by atoms with Gasteiger partial charge < -0.3 is 10.2 Å². The van der Waals surface area contributed by atoms with Crippen LogP contribution in [0.2, 0.25) is 0 Å². The van der Waals surface area contributed by atoms with Crippen molar-refractivity contribution in [3.05, 3.63) is 23.8 Å². The number of rotatable bonds is 5. The van der Waals surface area contributed by atoms with E-state index in [9.17, 15) is 4.79 Å². The Labute approximate surface area is 105 Å². The minimum Gasteiger partial charge on any atom is -0.348 e. The van der Waals surface area contributed by atoms with E-state index in [0.29, 0.717) is 12.5 Å². The molecule has 0 spiro atoms. The molecule has 0 radical (unpaired) electrons. The fourth-order valence-corrected chi connectivity index (χ4v) is 1.98. The molecule has 0 heterocycles. The van der Waals surface area contributed by atoms with Crippen molar-refractivity contribution in [2.24, 2.45) is 5.92 Å². The van der Waals surface area contributed by atoms with E-state index in [1.165, 1.54) is 17.6 Å². The Morgan fingerprint density at radius 1 is 1.59 bits per heavy atom. The zero-order chi connectivity index (χ0) is 12.8. The molecule has 1 aliphatic rings. The van der Waals surface area contributed by atoms with Crippen LogP contribution in [0.3, 0.4) is 0 Å². The van der Waals surface area contributed by atoms with E-state index >= 15 is 0 Å². The van der Waals surface area contributed by atoms with Gasteiger partial charge in [-0.05, 0) is 32.1 Å². The van der Waals surface area contributed by atoms with Crippen LogP contribution in [0, 0.1) is 5.92 Å². The van der Waals surface area contributed by atoms with Crippen molar-refractivity contribution in [1.29, 1.82) is 0 Å². The van der Waals surface area contributed by atoms with Crippen LogP contribution in [0.25, 0.3) is 0 Å². The van der Waals surface area contributed by atoms with Crippen LogP contribution < -0.4 is 5.32 Å². The van der Waals surface area contributed by atoms with Gasteiger partial charge in [-0.1, -0.05) is 23.8 Å². The number of carbonyl (C=O) groups excluding carboxylic acids is 1. The Balaban J connectivity index is 2.26. The van der Waals surface area contributed by atoms with Crippen LogP contribution >= 0.6 is 0 Å². The van der Waals surface area contributed by atoms with Gasteiger partial charge in [0.2, 0.25) is 5.91 Å². The lowest BCUT2D eigenvalue weighted by Gasteiger charge is -2.22. The number of carbonyl (C=O) groups is 1. The van der Waals surface area contributed by atoms with Crippen molar-refractivity contribution in [3.8, 4) is 0 Å². The third-order valence-electron chi connectivity index (χ3n) is 3.33. The number of amides is 1. The molecule has 0 bridgehead atoms. The lowest BCUT2D eigenvalue weighted by Crippen LogP contribution is -2.34. The molecular weight excluding hydrogens is 212 g/mol. The third kappa shape index (κ3) is 4.73. The van der Waals surface area contributed by atoms with E-state index < -0.39 is 0 Å². The molecule has 17 heavy (non-hydrogen) atoms. The molecule has 1 amide bonds. The van der Waals surface area contributed by atoms with Crippen LogP contribution in [0.15, 0.2) is 23.8 Å². The molecule has 1 N–H and O–H groups in total. The predicted molar refractivity (Wildman–Crippen MR) is 71.8 cm³/mol. The standard InChI is InChI=1S/C14H24N2O/c1-11(2)13-7-5-12(6-8-13)9-15-10-14(17)16(3)4/h5,13,15H,1,6-10H2,2-4H3/t13-/m1/s1. The Kier molecular flexibility index (Phi) is 5.42. The van der Waals surface area contributed by atoms with Crippen molar-refractivity contribution in [3.63, 3.8) is 0 Å². The van der Waals surface area contributed by atoms with Gasteiger partial charge >= 0.3 is 0 Å². The Bertz CT molecular complexity index is 318. The van der Waals surface area contributed by atoms with Crippen LogP contribution in [-0.2, 0) is 4.79 Å². The highest BCUT2D eigenvalue weighted by Crippen LogP contribution is 2.27. The largest absolute Gasteiger partial charge is 0.348 e. The van der Waals surface area contributed by atoms with Gasteiger partial charge in [0.25, 0.3) is 0 Å². The van der Waals surface area contributed by atoms with Crippen LogP contribution in [0.4, 0.5) is 0 Å². The fraction of sp³-hybridized carbons (Fsp3) is 0.643. The third-order valence-corrected chi connectivity index (χ3v) is 3.33. The second-order valence-electron chi connectivity index (χ2n) is 5.07. The van der Waals surface area contributed by atoms with E-state index in [2.05, 4.69) is 24.9 Å². The maximum absolute atomic E-state index is 11.4. The lowest BCUT2D eigenvalue weighted by molar-refractivity contribution is -0.127. The van der Waals surface area contributed by atoms with E-state index in [-0.39, 0.29) is 5.91 Å². The number of nitrogens with zero attached hydrogens (tertiary/aromatic N) is 1. The summed E-state index contributed by atoms with van der Waals surface area (Å²) in [5.41, 5.74) is 2.71. The molecule has 0 fully saturated rings. The molecule has 0 unspecified atom stereocenters. The van der Waals surface area contributed by atoms with Gasteiger partial charge in [-0.25, -0.2) is 0 Å². The highest BCUT2D eigenvalue weighted by molar-refractivity contribution is 5.77. The number of hydrogen-bond donors (Lipinski definition) is 1. The normalized spacial score (nSPS) is 19.7. The minimum absolute atomic E-state index is 0.126. The first-order valence-electron chi connectivity index (χ1n) is 6.25. The average Bonchev–Trinajstić information content (AvgIpc) is 2.29. The summed E-state index contributed by atoms with van der Waals surface area (Å²) in [4.78, 5) is 13.0. The molecule has 1 aliphatic carbocycles. The van der Waals surface area contributed by atoms with Gasteiger partial charge in [-0.3, -0.25) is 4.79 Å². The average molecular weight is 236 g/mol. The molecule has 0 aromatic carbocycles. The van der Waals surface area contributed by atoms with E-state index in [1.807, 2.05) is 0 Å². The smallest absolute Gasteiger partial charge is 0.236 e. The topological polar surface area (TPSA) is 32.3 Å². The highest BCUT2D eigenvalue weighted by atomic mass is 16.2. The Morgan fingerprint density at radius 2 is 2.29 bits per heavy atom. The van der Waals surface area contributed by atoms with E-state index in [0.717, 1.165) is 19.4 Å². The zero-order valence-electron chi connectivity index (χ0n) is 11.3. The summed E-state index contributed by atoms with van der Waals surface area (Å²) in [5.74, 6) is 0.781. The Hall–Kier alpha value is -1.09. The second-order valence-corrected chi connectivity index (χ2v) is 5.07. The van der Waals surface area contributed by atoms with E-state index in [1.54, 1.807) is 19.0 Å². The minimum atomic E-state index is 0.126. The molecule has 0 saturated carbocycles. The number of nitrogens with one attached hydrogen (secondary N) is 1. The summed E-state index contributed by atoms with van der Waals surface area (Å²) in [6.45, 7) is 7.38. The monoisotopic (exact) mass is 236 g/mol. The number of allylic oxidation sites excluding steroid dienone is 2. The second kappa shape index (κ2) is 6.60. The number of likely N-dealkylation sites (N-methyl/N-ethyl adjacent to an activating group) is 1. The Morgan fingerprint density at radius 3 is 2.76 bits per heavy atom. The maximum atomic E-state index is 11.4. The number of hydrogen-bond acceptors (Lipinski definition) is 2. The van der Waals surface area contributed by atoms with Gasteiger partial charge in [0.1, 0.15) is 0 Å². The molecular formula is C14H24N2O. The predicted octanol–water partition coefficient (Wildman–Crippen LogP) is 1.97. The summed E-state index contributed by atoms with van der Waals surface area (Å²) < 4.78 is 0. The summed E-state index contributed by atoms with van der Waals surface area (Å²) in [6.07, 6.45) is 5.73. The van der Waals surface area contributed by atoms with Crippen molar-refractivity contribution in [2.45, 2.75) is 26.2 Å². The van der Waals surface area contributed by atoms with Crippen molar-refractivity contribution in [1.82, 2.24) is 10.2 Å². The zero-order valence-corrected chi connectivity index (χ0v) is 11.3. The molecule has 0 aromatic rings. The van der Waals surface area contributed by atoms with Gasteiger partial charge in [0.05, 0.1) is 6.54 Å². The van der Waals surface area contributed by atoms with Gasteiger partial charge in [-0.15, -0.1) is 0 Å². The van der Waals surface area contributed by atoms with Crippen molar-refractivity contribution in [2.75, 3.05) is 27.2 Å². The molecule has 0 aromatic heterocycles. The fourth-order valence-electron chi connectivity index (χ4n) is 1.98. The molecule has 96 valence electrons. The molecule has 1 rings (SSSR count). The molecule has 1 atom stereocenters. The molecule has 0 aliphatic heterocycles. The highest BCUT2D eigenvalue weighted by Gasteiger charge is 2.14. The van der Waals surface area contributed by atoms with Crippen molar-refractivity contribution >= 4 is 5.91 Å². The first-order valence-corrected chi connectivity index (χ1v) is 6.25. The molecule has 3 heteroatoms. The summed E-state index contributed by atoms with van der Waals surface area (Å²) in [6, 6.07) is 0. The quantitative estimate of drug-likeness (QED) is 0.740. The first-order chi connectivity index (χ1) is 8.00. The first kappa shape index (κ1) is 14.0.